The number of rotatable bonds is 2. The van der Waals surface area contributed by atoms with Gasteiger partial charge in [-0.25, -0.2) is 0 Å². The van der Waals surface area contributed by atoms with Crippen molar-refractivity contribution in [3.8, 4) is 0 Å². The first-order chi connectivity index (χ1) is 8.00. The van der Waals surface area contributed by atoms with Crippen LogP contribution in [0, 0.1) is 15.9 Å². The zero-order valence-electron chi connectivity index (χ0n) is 9.07. The van der Waals surface area contributed by atoms with Crippen molar-refractivity contribution in [3.63, 3.8) is 0 Å². The Kier molecular flexibility index (Phi) is 5.69. The molecule has 0 aliphatic rings. The molecule has 0 amide bonds. The van der Waals surface area contributed by atoms with E-state index in [0.717, 1.165) is 6.07 Å². The van der Waals surface area contributed by atoms with Gasteiger partial charge in [0.1, 0.15) is 0 Å². The minimum Gasteiger partial charge on any atom is -1.00 e. The van der Waals surface area contributed by atoms with Gasteiger partial charge in [-0.3, -0.25) is 9.11 Å². The smallest absolute Gasteiger partial charge is 0.427 e. The van der Waals surface area contributed by atoms with E-state index in [1.807, 2.05) is 0 Å². The minimum atomic E-state index is -4.82. The Balaban J connectivity index is 0.00000324. The number of benzene rings is 1. The summed E-state index contributed by atoms with van der Waals surface area (Å²) < 4.78 is 62.6. The molecule has 8 nitrogen and oxygen atoms in total. The van der Waals surface area contributed by atoms with E-state index in [1.54, 1.807) is 22.6 Å². The molecule has 0 unspecified atom stereocenters. The van der Waals surface area contributed by atoms with Crippen LogP contribution in [0.1, 0.15) is 5.56 Å². The molecular weight excluding hydrogens is 435 g/mol. The highest BCUT2D eigenvalue weighted by atomic mass is 127. The summed E-state index contributed by atoms with van der Waals surface area (Å²) in [6.07, 6.45) is 0. The van der Waals surface area contributed by atoms with Gasteiger partial charge in [0.2, 0.25) is 5.39 Å². The predicted molar refractivity (Wildman–Crippen MR) is 68.3 cm³/mol. The van der Waals surface area contributed by atoms with Crippen molar-refractivity contribution in [2.24, 2.45) is 0 Å². The lowest BCUT2D eigenvalue weighted by Gasteiger charge is -2.04. The fourth-order valence-electron chi connectivity index (χ4n) is 1.30. The highest BCUT2D eigenvalue weighted by molar-refractivity contribution is 14.1. The first-order valence-electron chi connectivity index (χ1n) is 4.13. The largest absolute Gasteiger partial charge is 1.00 e. The van der Waals surface area contributed by atoms with Crippen molar-refractivity contribution in [2.75, 3.05) is 0 Å². The van der Waals surface area contributed by atoms with Crippen LogP contribution in [0.3, 0.4) is 0 Å². The molecule has 1 aromatic carbocycles. The Morgan fingerprint density at radius 3 is 2.00 bits per heavy atom. The van der Waals surface area contributed by atoms with Crippen LogP contribution in [-0.2, 0) is 20.2 Å². The van der Waals surface area contributed by atoms with Crippen molar-refractivity contribution in [1.82, 2.24) is 0 Å². The fraction of sp³-hybridized carbons (Fsp3) is 0.143. The van der Waals surface area contributed by atoms with Crippen LogP contribution in [0.15, 0.2) is 15.9 Å². The highest BCUT2D eigenvalue weighted by Gasteiger charge is 2.37. The molecule has 19 heavy (non-hydrogen) atoms. The second kappa shape index (κ2) is 5.85. The molecule has 106 valence electrons. The van der Waals surface area contributed by atoms with Gasteiger partial charge in [-0.15, -0.1) is 0 Å². The zero-order valence-corrected chi connectivity index (χ0v) is 13.6. The predicted octanol–water partition coefficient (Wildman–Crippen LogP) is -1.42. The summed E-state index contributed by atoms with van der Waals surface area (Å²) in [6.45, 7) is 1.29. The molecule has 0 aliphatic carbocycles. The van der Waals surface area contributed by atoms with E-state index >= 15 is 0 Å². The molecule has 0 bridgehead atoms. The lowest BCUT2D eigenvalue weighted by atomic mass is 10.2. The molecule has 0 aliphatic heterocycles. The van der Waals surface area contributed by atoms with Crippen molar-refractivity contribution < 1.29 is 38.3 Å². The Morgan fingerprint density at radius 2 is 1.68 bits per heavy atom. The van der Waals surface area contributed by atoms with E-state index < -0.39 is 35.7 Å². The standard InChI is InChI=1S/C7H5IN2O6S2.ClH/c1-3-4(8)2-5(17(11,12)13)6(10-9)7(3)18(14,15)16;/h2H,1H3,(H-,11,12,13,14,15,16);1H. The van der Waals surface area contributed by atoms with Crippen LogP contribution in [0.5, 0.6) is 0 Å². The van der Waals surface area contributed by atoms with Gasteiger partial charge in [0, 0.05) is 3.57 Å². The van der Waals surface area contributed by atoms with Crippen molar-refractivity contribution >= 4 is 48.5 Å². The molecule has 2 N–H and O–H groups in total. The van der Waals surface area contributed by atoms with E-state index in [0.29, 0.717) is 0 Å². The van der Waals surface area contributed by atoms with E-state index in [-0.39, 0.29) is 21.5 Å². The summed E-state index contributed by atoms with van der Waals surface area (Å²) in [7, 11) is -9.62. The normalized spacial score (nSPS) is 11.5. The molecule has 0 spiro atoms. The Labute approximate surface area is 128 Å². The minimum absolute atomic E-state index is 0. The van der Waals surface area contributed by atoms with Gasteiger partial charge in [0.15, 0.2) is 14.8 Å². The number of nitrogens with zero attached hydrogens (tertiary/aromatic N) is 2. The third-order valence-electron chi connectivity index (χ3n) is 2.04. The fourth-order valence-corrected chi connectivity index (χ4v) is 3.88. The Bertz CT molecular complexity index is 768. The lowest BCUT2D eigenvalue weighted by molar-refractivity contribution is -0.0000123. The molecule has 0 fully saturated rings. The summed E-state index contributed by atoms with van der Waals surface area (Å²) in [5.74, 6) is 0. The van der Waals surface area contributed by atoms with Gasteiger partial charge in [-0.05, 0) is 41.1 Å². The number of halogens is 2. The van der Waals surface area contributed by atoms with Gasteiger partial charge in [-0.1, -0.05) is 0 Å². The maximum atomic E-state index is 11.2. The average molecular weight is 441 g/mol. The molecule has 0 heterocycles. The average Bonchev–Trinajstić information content (AvgIpc) is 2.17. The monoisotopic (exact) mass is 440 g/mol. The molecule has 0 atom stereocenters. The number of hydrogen-bond acceptors (Lipinski definition) is 5. The quantitative estimate of drug-likeness (QED) is 0.327. The number of diazo groups is 1. The van der Waals surface area contributed by atoms with Crippen LogP contribution in [0.25, 0.3) is 4.98 Å². The van der Waals surface area contributed by atoms with E-state index in [2.05, 4.69) is 4.98 Å². The Morgan fingerprint density at radius 1 is 1.21 bits per heavy atom. The third-order valence-corrected chi connectivity index (χ3v) is 5.04. The first kappa shape index (κ1) is 18.5. The van der Waals surface area contributed by atoms with E-state index in [4.69, 9.17) is 14.5 Å². The van der Waals surface area contributed by atoms with Crippen LogP contribution in [-0.4, -0.2) is 25.9 Å². The lowest BCUT2D eigenvalue weighted by Crippen LogP contribution is -3.00. The summed E-state index contributed by atoms with van der Waals surface area (Å²) in [5, 5.41) is 8.71. The van der Waals surface area contributed by atoms with Crippen LogP contribution >= 0.6 is 22.6 Å². The molecule has 1 aromatic rings. The second-order valence-electron chi connectivity index (χ2n) is 3.21. The maximum Gasteiger partial charge on any atom is 0.427 e. The highest BCUT2D eigenvalue weighted by Crippen LogP contribution is 2.36. The topological polar surface area (TPSA) is 137 Å². The van der Waals surface area contributed by atoms with Gasteiger partial charge in [-0.2, -0.15) is 16.8 Å². The summed E-state index contributed by atoms with van der Waals surface area (Å²) in [4.78, 5) is 0.743. The third kappa shape index (κ3) is 3.74. The van der Waals surface area contributed by atoms with Crippen LogP contribution < -0.4 is 12.4 Å². The molecule has 12 heteroatoms. The molecule has 0 radical (unpaired) electrons. The maximum absolute atomic E-state index is 11.2. The van der Waals surface area contributed by atoms with Crippen LogP contribution in [0.2, 0.25) is 0 Å². The van der Waals surface area contributed by atoms with Crippen molar-refractivity contribution in [2.45, 2.75) is 16.7 Å². The van der Waals surface area contributed by atoms with Gasteiger partial charge in [0.25, 0.3) is 0 Å². The van der Waals surface area contributed by atoms with E-state index in [9.17, 15) is 16.8 Å². The molecule has 0 saturated heterocycles. The van der Waals surface area contributed by atoms with Gasteiger partial charge < -0.3 is 12.4 Å². The van der Waals surface area contributed by atoms with Crippen molar-refractivity contribution in [3.05, 3.63) is 20.2 Å². The Hall–Kier alpha value is -0.520. The van der Waals surface area contributed by atoms with E-state index in [1.165, 1.54) is 6.92 Å². The SMILES string of the molecule is Cc1c(I)cc(S(=O)(=O)O)c([N+]#N)c1S(=O)(=O)O.[Cl-]. The molecular formula is C7H6ClIN2O6S2. The molecule has 0 saturated carbocycles. The number of hydrogen-bond donors (Lipinski definition) is 2. The summed E-state index contributed by atoms with van der Waals surface area (Å²) in [6, 6.07) is 0.926. The summed E-state index contributed by atoms with van der Waals surface area (Å²) in [5.41, 5.74) is -0.934. The van der Waals surface area contributed by atoms with Gasteiger partial charge >= 0.3 is 25.9 Å². The van der Waals surface area contributed by atoms with Crippen LogP contribution in [0.4, 0.5) is 5.69 Å². The molecule has 0 aromatic heterocycles. The molecule has 1 rings (SSSR count). The first-order valence-corrected chi connectivity index (χ1v) is 8.09. The zero-order chi connectivity index (χ0) is 14.3. The van der Waals surface area contributed by atoms with Gasteiger partial charge in [0.05, 0.1) is 0 Å². The summed E-state index contributed by atoms with van der Waals surface area (Å²) >= 11 is 1.61. The second-order valence-corrected chi connectivity index (χ2v) is 7.12. The van der Waals surface area contributed by atoms with Crippen molar-refractivity contribution in [1.29, 1.82) is 5.39 Å².